The Hall–Kier alpha value is -2.81. The predicted molar refractivity (Wildman–Crippen MR) is 131 cm³/mol. The molecule has 3 aromatic heterocycles. The van der Waals surface area contributed by atoms with Crippen molar-refractivity contribution in [2.75, 3.05) is 7.05 Å². The fraction of sp³-hybridized carbons (Fsp3) is 0.320. The molecule has 3 atom stereocenters. The number of rotatable bonds is 5. The van der Waals surface area contributed by atoms with Gasteiger partial charge in [-0.25, -0.2) is 4.98 Å². The van der Waals surface area contributed by atoms with Gasteiger partial charge in [-0.1, -0.05) is 0 Å². The van der Waals surface area contributed by atoms with E-state index in [0.717, 1.165) is 24.3 Å². The van der Waals surface area contributed by atoms with Gasteiger partial charge in [0.25, 0.3) is 5.56 Å². The van der Waals surface area contributed by atoms with Gasteiger partial charge < -0.3 is 9.64 Å². The highest BCUT2D eigenvalue weighted by Crippen LogP contribution is 2.36. The maximum absolute atomic E-state index is 13.2. The Morgan fingerprint density at radius 2 is 1.88 bits per heavy atom. The number of hydrogen-bond donors (Lipinski definition) is 0. The Bertz CT molecular complexity index is 1360. The smallest absolute Gasteiger partial charge is 0.275 e. The van der Waals surface area contributed by atoms with Crippen molar-refractivity contribution in [2.24, 2.45) is 0 Å². The zero-order chi connectivity index (χ0) is 22.5. The summed E-state index contributed by atoms with van der Waals surface area (Å²) in [5.74, 6) is 0.753. The van der Waals surface area contributed by atoms with Crippen LogP contribution >= 0.6 is 22.7 Å². The monoisotopic (exact) mass is 477 g/mol. The first-order chi connectivity index (χ1) is 16.1. The standard InChI is InChI=1S/C25H23N3O3S2/c1-27-17-2-3-18(27)11-20(10-17)31-19-6-4-16(5-7-19)28-14-26-21-12-22(33-24(21)25(28)30)23(29)15-8-9-32-13-15/h4-9,12-14,17-18,20H,2-3,10-11H2,1H3/t17-,18+,20+. The fourth-order valence-corrected chi connectivity index (χ4v) is 6.72. The highest BCUT2D eigenvalue weighted by Gasteiger charge is 2.39. The van der Waals surface area contributed by atoms with E-state index in [1.165, 1.54) is 46.4 Å². The minimum Gasteiger partial charge on any atom is -0.490 e. The molecule has 0 unspecified atom stereocenters. The van der Waals surface area contributed by atoms with Gasteiger partial charge in [0.05, 0.1) is 16.1 Å². The van der Waals surface area contributed by atoms with Crippen LogP contribution in [0.15, 0.2) is 58.3 Å². The van der Waals surface area contributed by atoms with E-state index >= 15 is 0 Å². The minimum absolute atomic E-state index is 0.0750. The molecular weight excluding hydrogens is 454 g/mol. The van der Waals surface area contributed by atoms with Crippen LogP contribution in [-0.4, -0.2) is 45.5 Å². The van der Waals surface area contributed by atoms with Gasteiger partial charge in [-0.15, -0.1) is 11.3 Å². The lowest BCUT2D eigenvalue weighted by atomic mass is 10.0. The molecule has 5 heterocycles. The molecule has 2 aliphatic rings. The summed E-state index contributed by atoms with van der Waals surface area (Å²) < 4.78 is 8.29. The van der Waals surface area contributed by atoms with Gasteiger partial charge in [0.2, 0.25) is 5.78 Å². The fourth-order valence-electron chi connectivity index (χ4n) is 5.08. The van der Waals surface area contributed by atoms with Gasteiger partial charge in [-0.2, -0.15) is 11.3 Å². The number of thiophene rings is 2. The zero-order valence-electron chi connectivity index (χ0n) is 18.1. The van der Waals surface area contributed by atoms with Crippen LogP contribution in [0, 0.1) is 0 Å². The Kier molecular flexibility index (Phi) is 5.16. The molecule has 4 aromatic rings. The molecule has 2 fully saturated rings. The third kappa shape index (κ3) is 3.72. The van der Waals surface area contributed by atoms with Crippen LogP contribution in [0.4, 0.5) is 0 Å². The van der Waals surface area contributed by atoms with E-state index in [0.29, 0.717) is 32.7 Å². The van der Waals surface area contributed by atoms with Gasteiger partial charge in [0.1, 0.15) is 22.9 Å². The quantitative estimate of drug-likeness (QED) is 0.389. The molecule has 168 valence electrons. The molecule has 2 aliphatic heterocycles. The molecule has 0 aliphatic carbocycles. The lowest BCUT2D eigenvalue weighted by Crippen LogP contribution is -2.43. The SMILES string of the molecule is CN1[C@@H]2CC[C@H]1C[C@@H](Oc1ccc(-n3cnc4cc(C(=O)c5ccsc5)sc4c3=O)cc1)C2. The number of benzene rings is 1. The second-order valence-corrected chi connectivity index (χ2v) is 10.7. The molecule has 0 spiro atoms. The van der Waals surface area contributed by atoms with E-state index < -0.39 is 0 Å². The molecular formula is C25H23N3O3S2. The number of piperidine rings is 1. The van der Waals surface area contributed by atoms with Gasteiger partial charge in [0, 0.05) is 23.0 Å². The summed E-state index contributed by atoms with van der Waals surface area (Å²) in [6.07, 6.45) is 6.44. The number of hydrogen-bond acceptors (Lipinski definition) is 7. The van der Waals surface area contributed by atoms with Gasteiger partial charge in [0.15, 0.2) is 0 Å². The first-order valence-corrected chi connectivity index (χ1v) is 12.9. The highest BCUT2D eigenvalue weighted by molar-refractivity contribution is 7.21. The molecule has 0 amide bonds. The van der Waals surface area contributed by atoms with E-state index in [1.54, 1.807) is 12.1 Å². The molecule has 33 heavy (non-hydrogen) atoms. The summed E-state index contributed by atoms with van der Waals surface area (Å²) in [5, 5.41) is 3.69. The van der Waals surface area contributed by atoms with Crippen molar-refractivity contribution < 1.29 is 9.53 Å². The van der Waals surface area contributed by atoms with E-state index in [1.807, 2.05) is 35.0 Å². The number of carbonyl (C=O) groups excluding carboxylic acids is 1. The summed E-state index contributed by atoms with van der Waals surface area (Å²) in [4.78, 5) is 33.3. The van der Waals surface area contributed by atoms with Crippen LogP contribution in [-0.2, 0) is 0 Å². The average Bonchev–Trinajstić information content (AvgIpc) is 3.54. The average molecular weight is 478 g/mol. The molecule has 2 bridgehead atoms. The van der Waals surface area contributed by atoms with Crippen molar-refractivity contribution in [2.45, 2.75) is 43.9 Å². The van der Waals surface area contributed by atoms with Crippen molar-refractivity contribution in [1.82, 2.24) is 14.5 Å². The minimum atomic E-state index is -0.171. The predicted octanol–water partition coefficient (Wildman–Crippen LogP) is 4.74. The maximum Gasteiger partial charge on any atom is 0.275 e. The summed E-state index contributed by atoms with van der Waals surface area (Å²) in [6.45, 7) is 0. The van der Waals surface area contributed by atoms with Crippen molar-refractivity contribution >= 4 is 38.7 Å². The van der Waals surface area contributed by atoms with Crippen molar-refractivity contribution in [3.05, 3.63) is 74.3 Å². The Morgan fingerprint density at radius 1 is 1.12 bits per heavy atom. The highest BCUT2D eigenvalue weighted by atomic mass is 32.1. The molecule has 0 saturated carbocycles. The third-order valence-corrected chi connectivity index (χ3v) is 8.71. The van der Waals surface area contributed by atoms with E-state index in [2.05, 4.69) is 16.9 Å². The Morgan fingerprint density at radius 3 is 2.58 bits per heavy atom. The van der Waals surface area contributed by atoms with Gasteiger partial charge in [-0.05, 0) is 74.5 Å². The molecule has 0 N–H and O–H groups in total. The number of ketones is 1. The normalized spacial score (nSPS) is 22.6. The summed E-state index contributed by atoms with van der Waals surface area (Å²) in [7, 11) is 2.23. The third-order valence-electron chi connectivity index (χ3n) is 6.92. The first kappa shape index (κ1) is 20.8. The van der Waals surface area contributed by atoms with Gasteiger partial charge >= 0.3 is 0 Å². The molecule has 8 heteroatoms. The van der Waals surface area contributed by atoms with Crippen molar-refractivity contribution in [1.29, 1.82) is 0 Å². The maximum atomic E-state index is 13.2. The Balaban J connectivity index is 1.23. The second kappa shape index (κ2) is 8.20. The largest absolute Gasteiger partial charge is 0.490 e. The van der Waals surface area contributed by atoms with Crippen LogP contribution in [0.1, 0.15) is 40.9 Å². The molecule has 1 aromatic carbocycles. The van der Waals surface area contributed by atoms with Crippen molar-refractivity contribution in [3.63, 3.8) is 0 Å². The van der Waals surface area contributed by atoms with Crippen LogP contribution in [0.3, 0.4) is 0 Å². The number of fused-ring (bicyclic) bond motifs is 3. The van der Waals surface area contributed by atoms with E-state index in [4.69, 9.17) is 4.74 Å². The Labute approximate surface area is 199 Å². The summed E-state index contributed by atoms with van der Waals surface area (Å²) in [6, 6.07) is 12.4. The topological polar surface area (TPSA) is 64.4 Å². The number of carbonyl (C=O) groups is 1. The van der Waals surface area contributed by atoms with Gasteiger partial charge in [-0.3, -0.25) is 14.2 Å². The van der Waals surface area contributed by atoms with E-state index in [9.17, 15) is 9.59 Å². The lowest BCUT2D eigenvalue weighted by molar-refractivity contribution is 0.0661. The summed E-state index contributed by atoms with van der Waals surface area (Å²) >= 11 is 2.68. The molecule has 2 saturated heterocycles. The molecule has 0 radical (unpaired) electrons. The second-order valence-electron chi connectivity index (χ2n) is 8.84. The first-order valence-electron chi connectivity index (χ1n) is 11.1. The van der Waals surface area contributed by atoms with Crippen molar-refractivity contribution in [3.8, 4) is 11.4 Å². The zero-order valence-corrected chi connectivity index (χ0v) is 19.8. The number of aromatic nitrogens is 2. The van der Waals surface area contributed by atoms with E-state index in [-0.39, 0.29) is 17.4 Å². The molecule has 6 rings (SSSR count). The van der Waals surface area contributed by atoms with Crippen LogP contribution in [0.2, 0.25) is 0 Å². The van der Waals surface area contributed by atoms with Crippen LogP contribution in [0.5, 0.6) is 5.75 Å². The lowest BCUT2D eigenvalue weighted by Gasteiger charge is -2.36. The molecule has 6 nitrogen and oxygen atoms in total. The number of nitrogens with zero attached hydrogens (tertiary/aromatic N) is 3. The van der Waals surface area contributed by atoms with Crippen LogP contribution < -0.4 is 10.3 Å². The van der Waals surface area contributed by atoms with Crippen LogP contribution in [0.25, 0.3) is 15.9 Å². The number of ether oxygens (including phenoxy) is 1. The summed E-state index contributed by atoms with van der Waals surface area (Å²) in [5.41, 5.74) is 1.75.